The number of aromatic nitrogens is 1. The molecule has 0 bridgehead atoms. The van der Waals surface area contributed by atoms with E-state index in [4.69, 9.17) is 10.8 Å². The Morgan fingerprint density at radius 3 is 2.79 bits per heavy atom. The summed E-state index contributed by atoms with van der Waals surface area (Å²) in [6.45, 7) is 2.96. The van der Waals surface area contributed by atoms with E-state index in [2.05, 4.69) is 15.6 Å². The highest BCUT2D eigenvalue weighted by Crippen LogP contribution is 2.19. The summed E-state index contributed by atoms with van der Waals surface area (Å²) in [5.41, 5.74) is 5.74. The normalized spacial score (nSPS) is 9.95. The highest BCUT2D eigenvalue weighted by atomic mass is 16.4. The number of nitrogens with one attached hydrogen (secondary N) is 2. The Labute approximate surface area is 111 Å². The molecule has 1 aromatic heterocycles. The van der Waals surface area contributed by atoms with Crippen molar-refractivity contribution in [1.82, 2.24) is 10.3 Å². The number of carboxylic acid groups (broad SMARTS) is 1. The van der Waals surface area contributed by atoms with Gasteiger partial charge in [-0.1, -0.05) is 6.92 Å². The zero-order valence-corrected chi connectivity index (χ0v) is 10.8. The lowest BCUT2D eigenvalue weighted by atomic mass is 10.2. The van der Waals surface area contributed by atoms with Crippen LogP contribution in [-0.4, -0.2) is 35.1 Å². The number of anilines is 2. The van der Waals surface area contributed by atoms with Crippen molar-refractivity contribution in [3.05, 3.63) is 17.8 Å². The predicted octanol–water partition coefficient (Wildman–Crippen LogP) is 0.690. The quantitative estimate of drug-likeness (QED) is 0.577. The molecule has 0 unspecified atom stereocenters. The molecular formula is C12H18N4O3. The third-order valence-corrected chi connectivity index (χ3v) is 2.44. The molecule has 7 nitrogen and oxygen atoms in total. The molecular weight excluding hydrogens is 248 g/mol. The summed E-state index contributed by atoms with van der Waals surface area (Å²) >= 11 is 0. The van der Waals surface area contributed by atoms with Crippen molar-refractivity contribution in [1.29, 1.82) is 0 Å². The molecule has 0 saturated carbocycles. The van der Waals surface area contributed by atoms with E-state index in [-0.39, 0.29) is 29.4 Å². The molecule has 1 aromatic rings. The second kappa shape index (κ2) is 7.20. The van der Waals surface area contributed by atoms with Crippen molar-refractivity contribution in [2.24, 2.45) is 0 Å². The molecule has 0 fully saturated rings. The van der Waals surface area contributed by atoms with Gasteiger partial charge in [0.1, 0.15) is 5.82 Å². The predicted molar refractivity (Wildman–Crippen MR) is 72.0 cm³/mol. The van der Waals surface area contributed by atoms with Gasteiger partial charge in [-0.3, -0.25) is 4.79 Å². The number of amides is 1. The molecule has 0 aliphatic rings. The second-order valence-corrected chi connectivity index (χ2v) is 3.95. The van der Waals surface area contributed by atoms with E-state index in [1.165, 1.54) is 12.3 Å². The van der Waals surface area contributed by atoms with Crippen molar-refractivity contribution in [2.75, 3.05) is 24.1 Å². The van der Waals surface area contributed by atoms with Crippen LogP contribution >= 0.6 is 0 Å². The van der Waals surface area contributed by atoms with E-state index in [0.29, 0.717) is 13.1 Å². The van der Waals surface area contributed by atoms with Crippen molar-refractivity contribution in [2.45, 2.75) is 19.8 Å². The Balaban J connectivity index is 2.52. The average Bonchev–Trinajstić information content (AvgIpc) is 2.38. The number of pyridine rings is 1. The van der Waals surface area contributed by atoms with Crippen molar-refractivity contribution in [3.8, 4) is 0 Å². The van der Waals surface area contributed by atoms with Crippen LogP contribution in [0.25, 0.3) is 0 Å². The molecule has 1 amide bonds. The Hall–Kier alpha value is -2.31. The molecule has 0 radical (unpaired) electrons. The van der Waals surface area contributed by atoms with Gasteiger partial charge in [-0.15, -0.1) is 0 Å². The van der Waals surface area contributed by atoms with Crippen LogP contribution in [-0.2, 0) is 4.79 Å². The SMILES string of the molecule is CCCNC(=O)CCNc1nccc(C(=O)O)c1N. The topological polar surface area (TPSA) is 117 Å². The highest BCUT2D eigenvalue weighted by Gasteiger charge is 2.12. The third-order valence-electron chi connectivity index (χ3n) is 2.44. The number of hydrogen-bond donors (Lipinski definition) is 4. The van der Waals surface area contributed by atoms with Gasteiger partial charge >= 0.3 is 5.97 Å². The number of nitrogens with two attached hydrogens (primary N) is 1. The summed E-state index contributed by atoms with van der Waals surface area (Å²) in [6, 6.07) is 1.33. The van der Waals surface area contributed by atoms with Gasteiger partial charge in [-0.05, 0) is 12.5 Å². The lowest BCUT2D eigenvalue weighted by Gasteiger charge is -2.09. The first-order valence-corrected chi connectivity index (χ1v) is 6.04. The maximum absolute atomic E-state index is 11.4. The van der Waals surface area contributed by atoms with E-state index in [9.17, 15) is 9.59 Å². The van der Waals surface area contributed by atoms with Gasteiger partial charge in [-0.25, -0.2) is 9.78 Å². The van der Waals surface area contributed by atoms with E-state index in [1.807, 2.05) is 6.92 Å². The molecule has 0 aliphatic heterocycles. The molecule has 0 aromatic carbocycles. The standard InChI is InChI=1S/C12H18N4O3/c1-2-5-14-9(17)4-7-16-11-10(13)8(12(18)19)3-6-15-11/h3,6H,2,4-5,7,13H2,1H3,(H,14,17)(H,15,16)(H,18,19). The van der Waals surface area contributed by atoms with Crippen molar-refractivity contribution < 1.29 is 14.7 Å². The number of carbonyl (C=O) groups is 2. The molecule has 0 spiro atoms. The first kappa shape index (κ1) is 14.7. The van der Waals surface area contributed by atoms with Gasteiger partial charge < -0.3 is 21.5 Å². The highest BCUT2D eigenvalue weighted by molar-refractivity contribution is 5.96. The fourth-order valence-corrected chi connectivity index (χ4v) is 1.45. The largest absolute Gasteiger partial charge is 0.478 e. The summed E-state index contributed by atoms with van der Waals surface area (Å²) in [6.07, 6.45) is 2.52. The monoisotopic (exact) mass is 266 g/mol. The zero-order valence-electron chi connectivity index (χ0n) is 10.8. The minimum atomic E-state index is -1.11. The zero-order chi connectivity index (χ0) is 14.3. The van der Waals surface area contributed by atoms with Crippen LogP contribution < -0.4 is 16.4 Å². The summed E-state index contributed by atoms with van der Waals surface area (Å²) in [7, 11) is 0. The number of nitrogen functional groups attached to an aromatic ring is 1. The number of carbonyl (C=O) groups excluding carboxylic acids is 1. The molecule has 0 saturated heterocycles. The third kappa shape index (κ3) is 4.46. The molecule has 0 atom stereocenters. The average molecular weight is 266 g/mol. The summed E-state index contributed by atoms with van der Waals surface area (Å²) in [5, 5.41) is 14.5. The smallest absolute Gasteiger partial charge is 0.337 e. The number of rotatable bonds is 7. The molecule has 19 heavy (non-hydrogen) atoms. The van der Waals surface area contributed by atoms with Gasteiger partial charge in [0.05, 0.1) is 11.3 Å². The minimum Gasteiger partial charge on any atom is -0.478 e. The lowest BCUT2D eigenvalue weighted by Crippen LogP contribution is -2.26. The Kier molecular flexibility index (Phi) is 5.59. The van der Waals surface area contributed by atoms with Crippen LogP contribution in [0.3, 0.4) is 0 Å². The van der Waals surface area contributed by atoms with E-state index in [1.54, 1.807) is 0 Å². The van der Waals surface area contributed by atoms with Gasteiger partial charge in [0.2, 0.25) is 5.91 Å². The van der Waals surface area contributed by atoms with Crippen LogP contribution in [0.1, 0.15) is 30.1 Å². The Morgan fingerprint density at radius 2 is 2.16 bits per heavy atom. The number of carboxylic acids is 1. The fourth-order valence-electron chi connectivity index (χ4n) is 1.45. The number of aromatic carboxylic acids is 1. The molecule has 7 heteroatoms. The van der Waals surface area contributed by atoms with Gasteiger partial charge in [0, 0.05) is 25.7 Å². The van der Waals surface area contributed by atoms with Crippen LogP contribution in [0.5, 0.6) is 0 Å². The molecule has 0 aliphatic carbocycles. The van der Waals surface area contributed by atoms with Crippen LogP contribution in [0, 0.1) is 0 Å². The van der Waals surface area contributed by atoms with E-state index in [0.717, 1.165) is 6.42 Å². The minimum absolute atomic E-state index is 0.00654. The molecule has 104 valence electrons. The number of nitrogens with zero attached hydrogens (tertiary/aromatic N) is 1. The maximum atomic E-state index is 11.4. The van der Waals surface area contributed by atoms with Crippen LogP contribution in [0.2, 0.25) is 0 Å². The maximum Gasteiger partial charge on any atom is 0.337 e. The summed E-state index contributed by atoms with van der Waals surface area (Å²) in [4.78, 5) is 26.2. The first-order valence-electron chi connectivity index (χ1n) is 6.04. The molecule has 1 heterocycles. The molecule has 5 N–H and O–H groups in total. The van der Waals surface area contributed by atoms with Gasteiger partial charge in [0.25, 0.3) is 0 Å². The van der Waals surface area contributed by atoms with E-state index >= 15 is 0 Å². The second-order valence-electron chi connectivity index (χ2n) is 3.95. The Morgan fingerprint density at radius 1 is 1.42 bits per heavy atom. The van der Waals surface area contributed by atoms with Crippen LogP contribution in [0.15, 0.2) is 12.3 Å². The lowest BCUT2D eigenvalue weighted by molar-refractivity contribution is -0.120. The summed E-state index contributed by atoms with van der Waals surface area (Å²) < 4.78 is 0. The van der Waals surface area contributed by atoms with Gasteiger partial charge in [0.15, 0.2) is 0 Å². The summed E-state index contributed by atoms with van der Waals surface area (Å²) in [5.74, 6) is -0.894. The van der Waals surface area contributed by atoms with Gasteiger partial charge in [-0.2, -0.15) is 0 Å². The fraction of sp³-hybridized carbons (Fsp3) is 0.417. The Bertz CT molecular complexity index is 462. The van der Waals surface area contributed by atoms with Crippen LogP contribution in [0.4, 0.5) is 11.5 Å². The van der Waals surface area contributed by atoms with E-state index < -0.39 is 5.97 Å². The van der Waals surface area contributed by atoms with Crippen molar-refractivity contribution in [3.63, 3.8) is 0 Å². The molecule has 1 rings (SSSR count). The number of hydrogen-bond acceptors (Lipinski definition) is 5. The first-order chi connectivity index (χ1) is 9.06. The van der Waals surface area contributed by atoms with Crippen molar-refractivity contribution >= 4 is 23.4 Å².